The molecular weight excluding hydrogens is 465 g/mol. The first-order valence-electron chi connectivity index (χ1n) is 13.9. The molecule has 0 saturated carbocycles. The number of quaternary nitrogens is 1. The third-order valence-electron chi connectivity index (χ3n) is 5.88. The van der Waals surface area contributed by atoms with Gasteiger partial charge in [0, 0.05) is 13.7 Å². The maximum atomic E-state index is 12.0. The molecule has 2 atom stereocenters. The van der Waals surface area contributed by atoms with Crippen LogP contribution in [0.2, 0.25) is 0 Å². The molecule has 0 rings (SSSR count). The van der Waals surface area contributed by atoms with Gasteiger partial charge in [0.05, 0.1) is 34.4 Å². The molecule has 0 fully saturated rings. The molecule has 0 aliphatic rings. The minimum Gasteiger partial charge on any atom is -0.379 e. The van der Waals surface area contributed by atoms with Gasteiger partial charge in [-0.15, -0.1) is 0 Å². The first-order valence-corrected chi connectivity index (χ1v) is 15.4. The van der Waals surface area contributed by atoms with E-state index in [1.165, 1.54) is 70.6 Å². The first kappa shape index (κ1) is 34.7. The van der Waals surface area contributed by atoms with Crippen molar-refractivity contribution in [3.8, 4) is 0 Å². The molecule has 0 saturated heterocycles. The molecule has 210 valence electrons. The van der Waals surface area contributed by atoms with Crippen LogP contribution >= 0.6 is 7.82 Å². The molecule has 0 heterocycles. The number of allylic oxidation sites excluding steroid dienone is 2. The number of methoxy groups -OCH3 is 1. The van der Waals surface area contributed by atoms with Crippen LogP contribution in [0, 0.1) is 0 Å². The smallest absolute Gasteiger partial charge is 0.379 e. The summed E-state index contributed by atoms with van der Waals surface area (Å²) in [5.74, 6) is 0. The Bertz CT molecular complexity index is 538. The van der Waals surface area contributed by atoms with Crippen molar-refractivity contribution in [3.63, 3.8) is 0 Å². The van der Waals surface area contributed by atoms with Crippen LogP contribution in [0.15, 0.2) is 12.2 Å². The van der Waals surface area contributed by atoms with Crippen molar-refractivity contribution in [2.45, 2.75) is 103 Å². The molecule has 8 heteroatoms. The van der Waals surface area contributed by atoms with Crippen molar-refractivity contribution >= 4 is 7.82 Å². The molecule has 0 radical (unpaired) electrons. The Balaban J connectivity index is 3.57. The highest BCUT2D eigenvalue weighted by molar-refractivity contribution is 7.47. The normalized spacial score (nSPS) is 15.0. The fourth-order valence-corrected chi connectivity index (χ4v) is 4.24. The number of hydrogen-bond acceptors (Lipinski definition) is 5. The molecule has 0 amide bonds. The second-order valence-corrected chi connectivity index (χ2v) is 11.9. The largest absolute Gasteiger partial charge is 0.472 e. The number of rotatable bonds is 26. The highest BCUT2D eigenvalue weighted by Crippen LogP contribution is 2.43. The number of phosphoric ester groups is 1. The van der Waals surface area contributed by atoms with Crippen molar-refractivity contribution in [1.82, 2.24) is 0 Å². The Labute approximate surface area is 216 Å². The van der Waals surface area contributed by atoms with E-state index in [-0.39, 0.29) is 13.2 Å². The second-order valence-electron chi connectivity index (χ2n) is 10.5. The number of phosphoric acid groups is 1. The van der Waals surface area contributed by atoms with E-state index in [1.807, 2.05) is 21.1 Å². The van der Waals surface area contributed by atoms with Crippen LogP contribution in [0.25, 0.3) is 0 Å². The van der Waals surface area contributed by atoms with Gasteiger partial charge in [-0.1, -0.05) is 76.9 Å². The zero-order chi connectivity index (χ0) is 26.3. The standard InChI is InChI=1S/C27H56NO6P/c1-6-7-8-9-10-11-12-13-14-15-16-17-18-19-20-21-23-32-25-27(31-5)26-34-35(29,30)33-24-22-28(2,3)4/h16-17,27H,6-15,18-26H2,1-5H3/p+1/t27-/m1/s1. The molecule has 0 bridgehead atoms. The molecule has 0 spiro atoms. The summed E-state index contributed by atoms with van der Waals surface area (Å²) in [6, 6.07) is 0. The summed E-state index contributed by atoms with van der Waals surface area (Å²) in [7, 11) is 3.43. The molecule has 0 aliphatic carbocycles. The summed E-state index contributed by atoms with van der Waals surface area (Å²) < 4.78 is 33.6. The summed E-state index contributed by atoms with van der Waals surface area (Å²) in [5, 5.41) is 0. The lowest BCUT2D eigenvalue weighted by atomic mass is 10.1. The Morgan fingerprint density at radius 1 is 0.771 bits per heavy atom. The van der Waals surface area contributed by atoms with E-state index in [0.717, 1.165) is 19.3 Å². The van der Waals surface area contributed by atoms with Crippen LogP contribution in [0.1, 0.15) is 96.8 Å². The Hall–Kier alpha value is -0.270. The zero-order valence-corrected chi connectivity index (χ0v) is 24.4. The maximum Gasteiger partial charge on any atom is 0.472 e. The second kappa shape index (κ2) is 22.9. The van der Waals surface area contributed by atoms with Crippen molar-refractivity contribution in [1.29, 1.82) is 0 Å². The quantitative estimate of drug-likeness (QED) is 0.0577. The third-order valence-corrected chi connectivity index (χ3v) is 6.86. The molecule has 35 heavy (non-hydrogen) atoms. The van der Waals surface area contributed by atoms with Crippen molar-refractivity contribution in [3.05, 3.63) is 12.2 Å². The Morgan fingerprint density at radius 2 is 1.31 bits per heavy atom. The minimum absolute atomic E-state index is 0.0432. The molecule has 0 aromatic heterocycles. The zero-order valence-electron chi connectivity index (χ0n) is 23.5. The molecule has 7 nitrogen and oxygen atoms in total. The number of hydrogen-bond donors (Lipinski definition) is 1. The van der Waals surface area contributed by atoms with E-state index < -0.39 is 13.9 Å². The Morgan fingerprint density at radius 3 is 1.86 bits per heavy atom. The maximum absolute atomic E-state index is 12.0. The van der Waals surface area contributed by atoms with Crippen LogP contribution in [-0.2, 0) is 23.1 Å². The lowest BCUT2D eigenvalue weighted by molar-refractivity contribution is -0.870. The lowest BCUT2D eigenvalue weighted by Gasteiger charge is -2.24. The molecule has 0 aliphatic heterocycles. The average molecular weight is 523 g/mol. The molecule has 0 aromatic rings. The monoisotopic (exact) mass is 522 g/mol. The van der Waals surface area contributed by atoms with E-state index in [2.05, 4.69) is 19.1 Å². The highest BCUT2D eigenvalue weighted by atomic mass is 31.2. The van der Waals surface area contributed by atoms with E-state index in [4.69, 9.17) is 18.5 Å². The summed E-state index contributed by atoms with van der Waals surface area (Å²) in [4.78, 5) is 9.79. The predicted octanol–water partition coefficient (Wildman–Crippen LogP) is 6.90. The van der Waals surface area contributed by atoms with Gasteiger partial charge in [0.1, 0.15) is 19.3 Å². The number of unbranched alkanes of at least 4 members (excludes halogenated alkanes) is 12. The number of ether oxygens (including phenoxy) is 2. The summed E-state index contributed by atoms with van der Waals surface area (Å²) in [6.45, 7) is 3.97. The predicted molar refractivity (Wildman–Crippen MR) is 146 cm³/mol. The van der Waals surface area contributed by atoms with Crippen LogP contribution in [0.3, 0.4) is 0 Å². The van der Waals surface area contributed by atoms with E-state index in [0.29, 0.717) is 24.2 Å². The van der Waals surface area contributed by atoms with Gasteiger partial charge < -0.3 is 18.9 Å². The summed E-state index contributed by atoms with van der Waals surface area (Å²) in [5.41, 5.74) is 0. The van der Waals surface area contributed by atoms with Gasteiger partial charge in [0.2, 0.25) is 0 Å². The molecule has 0 aromatic carbocycles. The van der Waals surface area contributed by atoms with Crippen molar-refractivity contribution < 1.29 is 32.5 Å². The highest BCUT2D eigenvalue weighted by Gasteiger charge is 2.24. The van der Waals surface area contributed by atoms with Gasteiger partial charge >= 0.3 is 7.82 Å². The minimum atomic E-state index is -4.08. The fraction of sp³-hybridized carbons (Fsp3) is 0.926. The topological polar surface area (TPSA) is 74.2 Å². The number of nitrogens with zero attached hydrogens (tertiary/aromatic N) is 1. The van der Waals surface area contributed by atoms with Gasteiger partial charge in [0.25, 0.3) is 0 Å². The molecule has 1 unspecified atom stereocenters. The van der Waals surface area contributed by atoms with Crippen molar-refractivity contribution in [2.75, 3.05) is 61.2 Å². The van der Waals surface area contributed by atoms with E-state index >= 15 is 0 Å². The third kappa shape index (κ3) is 26.6. The van der Waals surface area contributed by atoms with Gasteiger partial charge in [-0.05, 0) is 32.1 Å². The SMILES string of the molecule is CCCCCCCCCCCC=CCCCCCOC[C@H](COP(=O)(O)OCC[N+](C)(C)C)OC. The lowest BCUT2D eigenvalue weighted by Crippen LogP contribution is -2.37. The van der Waals surface area contributed by atoms with Gasteiger partial charge in [0.15, 0.2) is 0 Å². The summed E-state index contributed by atoms with van der Waals surface area (Å²) in [6.07, 6.45) is 22.3. The Kier molecular flexibility index (Phi) is 22.7. The fourth-order valence-electron chi connectivity index (χ4n) is 3.50. The van der Waals surface area contributed by atoms with Crippen LogP contribution < -0.4 is 0 Å². The molecule has 1 N–H and O–H groups in total. The van der Waals surface area contributed by atoms with Gasteiger partial charge in [-0.25, -0.2) is 4.57 Å². The van der Waals surface area contributed by atoms with Crippen LogP contribution in [0.4, 0.5) is 0 Å². The van der Waals surface area contributed by atoms with Gasteiger partial charge in [-0.3, -0.25) is 9.05 Å². The molecular formula is C27H57NO6P+. The van der Waals surface area contributed by atoms with E-state index in [1.54, 1.807) is 7.11 Å². The van der Waals surface area contributed by atoms with Gasteiger partial charge in [-0.2, -0.15) is 0 Å². The van der Waals surface area contributed by atoms with Crippen molar-refractivity contribution in [2.24, 2.45) is 0 Å². The first-order chi connectivity index (χ1) is 16.7. The summed E-state index contributed by atoms with van der Waals surface area (Å²) >= 11 is 0. The van der Waals surface area contributed by atoms with E-state index in [9.17, 15) is 9.46 Å². The van der Waals surface area contributed by atoms with Crippen LogP contribution in [0.5, 0.6) is 0 Å². The average Bonchev–Trinajstić information content (AvgIpc) is 2.79. The van der Waals surface area contributed by atoms with Crippen LogP contribution in [-0.4, -0.2) is 76.7 Å². The number of likely N-dealkylation sites (N-methyl/N-ethyl adjacent to an activating group) is 1.